The molecular weight excluding hydrogens is 218 g/mol. The predicted octanol–water partition coefficient (Wildman–Crippen LogP) is 2.50. The SMILES string of the molecule is Oc1ccc(S[C@H]2CCNC2)c(Cl)c1. The van der Waals surface area contributed by atoms with Crippen molar-refractivity contribution in [2.24, 2.45) is 0 Å². The number of thioether (sulfide) groups is 1. The van der Waals surface area contributed by atoms with E-state index < -0.39 is 0 Å². The maximum atomic E-state index is 9.19. The Morgan fingerprint density at radius 2 is 2.36 bits per heavy atom. The summed E-state index contributed by atoms with van der Waals surface area (Å²) in [6, 6.07) is 5.14. The monoisotopic (exact) mass is 229 g/mol. The van der Waals surface area contributed by atoms with Crippen LogP contribution < -0.4 is 5.32 Å². The number of aromatic hydroxyl groups is 1. The van der Waals surface area contributed by atoms with Gasteiger partial charge >= 0.3 is 0 Å². The highest BCUT2D eigenvalue weighted by atomic mass is 35.5. The Bertz CT molecular complexity index is 326. The second kappa shape index (κ2) is 4.43. The summed E-state index contributed by atoms with van der Waals surface area (Å²) in [4.78, 5) is 1.05. The molecule has 1 heterocycles. The van der Waals surface area contributed by atoms with E-state index >= 15 is 0 Å². The zero-order chi connectivity index (χ0) is 9.97. The summed E-state index contributed by atoms with van der Waals surface area (Å²) in [5.41, 5.74) is 0. The van der Waals surface area contributed by atoms with E-state index in [1.165, 1.54) is 6.42 Å². The minimum Gasteiger partial charge on any atom is -0.508 e. The van der Waals surface area contributed by atoms with Crippen LogP contribution in [0.25, 0.3) is 0 Å². The number of rotatable bonds is 2. The van der Waals surface area contributed by atoms with Gasteiger partial charge in [-0.15, -0.1) is 11.8 Å². The first kappa shape index (κ1) is 10.1. The zero-order valence-electron chi connectivity index (χ0n) is 7.66. The lowest BCUT2D eigenvalue weighted by atomic mass is 10.3. The Kier molecular flexibility index (Phi) is 3.21. The number of phenolic OH excluding ortho intramolecular Hbond substituents is 1. The average molecular weight is 230 g/mol. The summed E-state index contributed by atoms with van der Waals surface area (Å²) in [5, 5.41) is 13.8. The standard InChI is InChI=1S/C10H12ClNOS/c11-9-5-7(13)1-2-10(9)14-8-3-4-12-6-8/h1-2,5,8,12-13H,3-4,6H2/t8-/m0/s1. The molecule has 0 radical (unpaired) electrons. The van der Waals surface area contributed by atoms with E-state index in [-0.39, 0.29) is 5.75 Å². The lowest BCUT2D eigenvalue weighted by Gasteiger charge is -2.09. The molecule has 1 aliphatic heterocycles. The van der Waals surface area contributed by atoms with Crippen molar-refractivity contribution in [3.8, 4) is 5.75 Å². The van der Waals surface area contributed by atoms with Gasteiger partial charge in [0.05, 0.1) is 5.02 Å². The van der Waals surface area contributed by atoms with Crippen LogP contribution in [0.15, 0.2) is 23.1 Å². The first-order chi connectivity index (χ1) is 6.75. The Morgan fingerprint density at radius 1 is 1.50 bits per heavy atom. The predicted molar refractivity (Wildman–Crippen MR) is 60.2 cm³/mol. The lowest BCUT2D eigenvalue weighted by molar-refractivity contribution is 0.475. The summed E-state index contributed by atoms with van der Waals surface area (Å²) in [5.74, 6) is 0.226. The minimum atomic E-state index is 0.226. The van der Waals surface area contributed by atoms with Crippen LogP contribution >= 0.6 is 23.4 Å². The topological polar surface area (TPSA) is 32.3 Å². The third kappa shape index (κ3) is 2.35. The molecular formula is C10H12ClNOS. The molecule has 76 valence electrons. The first-order valence-electron chi connectivity index (χ1n) is 4.61. The van der Waals surface area contributed by atoms with Gasteiger partial charge in [-0.1, -0.05) is 11.6 Å². The summed E-state index contributed by atoms with van der Waals surface area (Å²) in [7, 11) is 0. The van der Waals surface area contributed by atoms with Crippen molar-refractivity contribution >= 4 is 23.4 Å². The van der Waals surface area contributed by atoms with Crippen LogP contribution in [0.3, 0.4) is 0 Å². The Morgan fingerprint density at radius 3 is 3.00 bits per heavy atom. The van der Waals surface area contributed by atoms with Gasteiger partial charge in [-0.25, -0.2) is 0 Å². The second-order valence-electron chi connectivity index (χ2n) is 3.35. The minimum absolute atomic E-state index is 0.226. The molecule has 1 aliphatic rings. The molecule has 2 nitrogen and oxygen atoms in total. The van der Waals surface area contributed by atoms with Crippen molar-refractivity contribution in [3.05, 3.63) is 23.2 Å². The maximum Gasteiger partial charge on any atom is 0.117 e. The van der Waals surface area contributed by atoms with Gasteiger partial charge in [-0.05, 0) is 31.2 Å². The van der Waals surface area contributed by atoms with Crippen molar-refractivity contribution in [1.29, 1.82) is 0 Å². The number of hydrogen-bond acceptors (Lipinski definition) is 3. The van der Waals surface area contributed by atoms with Crippen LogP contribution in [-0.4, -0.2) is 23.4 Å². The smallest absolute Gasteiger partial charge is 0.117 e. The van der Waals surface area contributed by atoms with Crippen LogP contribution in [0.1, 0.15) is 6.42 Å². The molecule has 0 aliphatic carbocycles. The first-order valence-corrected chi connectivity index (χ1v) is 5.87. The lowest BCUT2D eigenvalue weighted by Crippen LogP contribution is -2.09. The van der Waals surface area contributed by atoms with Crippen molar-refractivity contribution in [2.45, 2.75) is 16.6 Å². The number of nitrogens with one attached hydrogen (secondary N) is 1. The van der Waals surface area contributed by atoms with Gasteiger partial charge in [-0.3, -0.25) is 0 Å². The molecule has 1 atom stereocenters. The van der Waals surface area contributed by atoms with E-state index in [9.17, 15) is 5.11 Å². The fourth-order valence-electron chi connectivity index (χ4n) is 1.49. The number of benzene rings is 1. The van der Waals surface area contributed by atoms with Crippen LogP contribution in [0, 0.1) is 0 Å². The van der Waals surface area contributed by atoms with Gasteiger partial charge in [-0.2, -0.15) is 0 Å². The van der Waals surface area contributed by atoms with Crippen molar-refractivity contribution in [1.82, 2.24) is 5.32 Å². The molecule has 1 fully saturated rings. The van der Waals surface area contributed by atoms with Gasteiger partial charge < -0.3 is 10.4 Å². The molecule has 4 heteroatoms. The van der Waals surface area contributed by atoms with Gasteiger partial charge in [0.2, 0.25) is 0 Å². The van der Waals surface area contributed by atoms with Crippen LogP contribution in [0.2, 0.25) is 5.02 Å². The number of hydrogen-bond donors (Lipinski definition) is 2. The average Bonchev–Trinajstić information content (AvgIpc) is 2.62. The van der Waals surface area contributed by atoms with Crippen LogP contribution in [-0.2, 0) is 0 Å². The molecule has 2 rings (SSSR count). The van der Waals surface area contributed by atoms with Crippen molar-refractivity contribution in [3.63, 3.8) is 0 Å². The molecule has 1 aromatic rings. The molecule has 0 unspecified atom stereocenters. The van der Waals surface area contributed by atoms with Crippen molar-refractivity contribution < 1.29 is 5.11 Å². The molecule has 0 amide bonds. The van der Waals surface area contributed by atoms with Crippen molar-refractivity contribution in [2.75, 3.05) is 13.1 Å². The Hall–Kier alpha value is -0.380. The van der Waals surface area contributed by atoms with Gasteiger partial charge in [0.1, 0.15) is 5.75 Å². The van der Waals surface area contributed by atoms with Gasteiger partial charge in [0.25, 0.3) is 0 Å². The van der Waals surface area contributed by atoms with E-state index in [1.807, 2.05) is 6.07 Å². The molecule has 2 N–H and O–H groups in total. The molecule has 0 spiro atoms. The fourth-order valence-corrected chi connectivity index (χ4v) is 2.92. The molecule has 1 aromatic carbocycles. The number of halogens is 1. The fraction of sp³-hybridized carbons (Fsp3) is 0.400. The van der Waals surface area contributed by atoms with E-state index in [0.29, 0.717) is 10.3 Å². The normalized spacial score (nSPS) is 21.4. The van der Waals surface area contributed by atoms with E-state index in [2.05, 4.69) is 5.32 Å². The molecule has 0 aromatic heterocycles. The Balaban J connectivity index is 2.08. The van der Waals surface area contributed by atoms with Crippen LogP contribution in [0.4, 0.5) is 0 Å². The summed E-state index contributed by atoms with van der Waals surface area (Å²) in [6.07, 6.45) is 1.18. The summed E-state index contributed by atoms with van der Waals surface area (Å²) < 4.78 is 0. The summed E-state index contributed by atoms with van der Waals surface area (Å²) in [6.45, 7) is 2.13. The van der Waals surface area contributed by atoms with E-state index in [0.717, 1.165) is 18.0 Å². The quantitative estimate of drug-likeness (QED) is 0.818. The molecule has 0 bridgehead atoms. The Labute approximate surface area is 92.7 Å². The highest BCUT2D eigenvalue weighted by molar-refractivity contribution is 8.00. The third-order valence-electron chi connectivity index (χ3n) is 2.22. The second-order valence-corrected chi connectivity index (χ2v) is 5.10. The van der Waals surface area contributed by atoms with Gasteiger partial charge in [0.15, 0.2) is 0 Å². The van der Waals surface area contributed by atoms with E-state index in [4.69, 9.17) is 11.6 Å². The molecule has 14 heavy (non-hydrogen) atoms. The van der Waals surface area contributed by atoms with Crippen LogP contribution in [0.5, 0.6) is 5.75 Å². The number of phenols is 1. The maximum absolute atomic E-state index is 9.19. The largest absolute Gasteiger partial charge is 0.508 e. The molecule has 0 saturated carbocycles. The van der Waals surface area contributed by atoms with Gasteiger partial charge in [0, 0.05) is 16.7 Å². The zero-order valence-corrected chi connectivity index (χ0v) is 9.24. The third-order valence-corrected chi connectivity index (χ3v) is 3.99. The highest BCUT2D eigenvalue weighted by Crippen LogP contribution is 2.34. The molecule has 1 saturated heterocycles. The van der Waals surface area contributed by atoms with E-state index in [1.54, 1.807) is 23.9 Å². The summed E-state index contributed by atoms with van der Waals surface area (Å²) >= 11 is 7.79. The highest BCUT2D eigenvalue weighted by Gasteiger charge is 2.16.